The molecule has 16 nitrogen and oxygen atoms in total. The van der Waals surface area contributed by atoms with Crippen LogP contribution in [0.4, 0.5) is 0 Å². The molecule has 4 bridgehead atoms. The van der Waals surface area contributed by atoms with E-state index >= 15 is 0 Å². The van der Waals surface area contributed by atoms with Crippen LogP contribution in [-0.2, 0) is 57.2 Å². The summed E-state index contributed by atoms with van der Waals surface area (Å²) in [5, 5.41) is 43.7. The van der Waals surface area contributed by atoms with Crippen LogP contribution in [0.25, 0.3) is 0 Å². The number of aliphatic hydroxyl groups is 4. The zero-order valence-electron chi connectivity index (χ0n) is 18.0. The number of esters is 6. The molecule has 4 N–H and O–H groups in total. The third-order valence-electron chi connectivity index (χ3n) is 5.91. The summed E-state index contributed by atoms with van der Waals surface area (Å²) < 4.78 is 29.4. The topological polar surface area (TPSA) is 239 Å². The van der Waals surface area contributed by atoms with Gasteiger partial charge < -0.3 is 48.8 Å². The third kappa shape index (κ3) is 3.51. The van der Waals surface area contributed by atoms with Gasteiger partial charge in [0.25, 0.3) is 0 Å². The first-order chi connectivity index (χ1) is 16.1. The Morgan fingerprint density at radius 3 is 1.74 bits per heavy atom. The van der Waals surface area contributed by atoms with Gasteiger partial charge in [0.2, 0.25) is 0 Å². The molecule has 192 valence electrons. The zero-order chi connectivity index (χ0) is 26.0. The highest BCUT2D eigenvalue weighted by molar-refractivity contribution is 5.94. The predicted octanol–water partition coefficient (Wildman–Crippen LogP) is -3.48. The summed E-state index contributed by atoms with van der Waals surface area (Å²) in [6.45, 7) is 1.51. The van der Waals surface area contributed by atoms with Gasteiger partial charge in [-0.3, -0.25) is 19.2 Å². The van der Waals surface area contributed by atoms with Crippen molar-refractivity contribution in [2.45, 2.75) is 80.3 Å². The van der Waals surface area contributed by atoms with Crippen LogP contribution in [0.15, 0.2) is 0 Å². The van der Waals surface area contributed by atoms with Crippen LogP contribution in [0, 0.1) is 0 Å². The molecule has 4 aliphatic rings. The minimum absolute atomic E-state index is 0.0564. The van der Waals surface area contributed by atoms with Crippen molar-refractivity contribution in [2.24, 2.45) is 0 Å². The number of ether oxygens (including phenoxy) is 6. The van der Waals surface area contributed by atoms with E-state index in [1.165, 1.54) is 6.92 Å². The van der Waals surface area contributed by atoms with Crippen molar-refractivity contribution >= 4 is 35.8 Å². The molecule has 0 amide bonds. The minimum Gasteiger partial charge on any atom is -0.454 e. The Balaban J connectivity index is 2.01. The molecule has 4 aliphatic heterocycles. The van der Waals surface area contributed by atoms with Gasteiger partial charge in [0.1, 0.15) is 0 Å². The summed E-state index contributed by atoms with van der Waals surface area (Å²) in [6, 6.07) is 0. The molecule has 4 fully saturated rings. The highest BCUT2D eigenvalue weighted by Crippen LogP contribution is 2.50. The van der Waals surface area contributed by atoms with Crippen molar-refractivity contribution in [1.82, 2.24) is 0 Å². The number of hydrogen-bond acceptors (Lipinski definition) is 16. The highest BCUT2D eigenvalue weighted by atomic mass is 16.9. The van der Waals surface area contributed by atoms with Crippen molar-refractivity contribution in [3.63, 3.8) is 0 Å². The first-order valence-corrected chi connectivity index (χ1v) is 10.3. The second kappa shape index (κ2) is 7.58. The average Bonchev–Trinajstić information content (AvgIpc) is 2.81. The van der Waals surface area contributed by atoms with Crippen LogP contribution >= 0.6 is 0 Å². The van der Waals surface area contributed by atoms with Crippen LogP contribution < -0.4 is 0 Å². The molecule has 35 heavy (non-hydrogen) atoms. The third-order valence-corrected chi connectivity index (χ3v) is 5.91. The summed E-state index contributed by atoms with van der Waals surface area (Å²) >= 11 is 0. The Labute approximate surface area is 194 Å². The summed E-state index contributed by atoms with van der Waals surface area (Å²) in [5.74, 6) is -21.5. The van der Waals surface area contributed by atoms with Crippen molar-refractivity contribution in [1.29, 1.82) is 0 Å². The maximum absolute atomic E-state index is 12.9. The van der Waals surface area contributed by atoms with Crippen molar-refractivity contribution < 1.29 is 77.6 Å². The number of rotatable bonds is 3. The zero-order valence-corrected chi connectivity index (χ0v) is 18.0. The summed E-state index contributed by atoms with van der Waals surface area (Å²) in [5.41, 5.74) is -5.75. The number of carbonyl (C=O) groups is 6. The molecular formula is C19H20O16. The Bertz CT molecular complexity index is 1040. The first kappa shape index (κ1) is 24.8. The van der Waals surface area contributed by atoms with Gasteiger partial charge in [-0.1, -0.05) is 13.3 Å². The lowest BCUT2D eigenvalue weighted by atomic mass is 9.90. The van der Waals surface area contributed by atoms with Crippen molar-refractivity contribution in [2.75, 3.05) is 0 Å². The molecular weight excluding hydrogens is 484 g/mol. The number of fused-ring (bicyclic) bond motifs is 6. The molecule has 4 rings (SSSR count). The Kier molecular flexibility index (Phi) is 5.36. The normalized spacial score (nSPS) is 43.6. The van der Waals surface area contributed by atoms with Crippen LogP contribution in [0.1, 0.15) is 45.4 Å². The van der Waals surface area contributed by atoms with E-state index in [1.54, 1.807) is 0 Å². The molecule has 4 heterocycles. The standard InChI is InChI=1S/C19H20O16/c1-2-3-8-17(31-10(21)5-15(26,13(24)34-17)4-9(20)30-8)18(28)19(29)33-12(23)7-16(27,14(25)35-19)6-11(22)32-18/h8,26-29H,2-7H2,1H3. The number of cyclic esters (lactones) is 2. The maximum Gasteiger partial charge on any atom is 0.452 e. The van der Waals surface area contributed by atoms with Gasteiger partial charge in [-0.05, 0) is 6.42 Å². The maximum atomic E-state index is 12.9. The van der Waals surface area contributed by atoms with Gasteiger partial charge >= 0.3 is 53.4 Å². The van der Waals surface area contributed by atoms with Crippen molar-refractivity contribution in [3.05, 3.63) is 0 Å². The largest absolute Gasteiger partial charge is 0.454 e. The fourth-order valence-electron chi connectivity index (χ4n) is 4.23. The van der Waals surface area contributed by atoms with E-state index in [0.29, 0.717) is 0 Å². The quantitative estimate of drug-likeness (QED) is 0.215. The van der Waals surface area contributed by atoms with Gasteiger partial charge in [-0.25, -0.2) is 9.59 Å². The molecule has 16 heteroatoms. The van der Waals surface area contributed by atoms with E-state index in [9.17, 15) is 49.2 Å². The summed E-state index contributed by atoms with van der Waals surface area (Å²) in [6.07, 6.45) is -7.28. The van der Waals surface area contributed by atoms with Gasteiger partial charge in [0, 0.05) is 0 Å². The lowest BCUT2D eigenvalue weighted by Gasteiger charge is -2.50. The fourth-order valence-corrected chi connectivity index (χ4v) is 4.23. The molecule has 0 aromatic rings. The van der Waals surface area contributed by atoms with Gasteiger partial charge in [0.05, 0.1) is 25.7 Å². The van der Waals surface area contributed by atoms with Gasteiger partial charge in [0.15, 0.2) is 17.3 Å². The van der Waals surface area contributed by atoms with E-state index in [0.717, 1.165) is 0 Å². The molecule has 0 aromatic carbocycles. The molecule has 0 radical (unpaired) electrons. The average molecular weight is 504 g/mol. The lowest BCUT2D eigenvalue weighted by Crippen LogP contribution is -2.78. The predicted molar refractivity (Wildman–Crippen MR) is 96.2 cm³/mol. The monoisotopic (exact) mass is 504 g/mol. The van der Waals surface area contributed by atoms with Crippen LogP contribution in [0.2, 0.25) is 0 Å². The molecule has 4 saturated heterocycles. The molecule has 0 spiro atoms. The molecule has 0 saturated carbocycles. The van der Waals surface area contributed by atoms with E-state index in [-0.39, 0.29) is 6.42 Å². The highest BCUT2D eigenvalue weighted by Gasteiger charge is 2.83. The first-order valence-electron chi connectivity index (χ1n) is 10.3. The Morgan fingerprint density at radius 1 is 0.686 bits per heavy atom. The van der Waals surface area contributed by atoms with E-state index in [4.69, 9.17) is 18.9 Å². The Morgan fingerprint density at radius 2 is 1.17 bits per heavy atom. The summed E-state index contributed by atoms with van der Waals surface area (Å²) in [4.78, 5) is 75.5. The van der Waals surface area contributed by atoms with E-state index < -0.39 is 103 Å². The van der Waals surface area contributed by atoms with E-state index in [2.05, 4.69) is 9.47 Å². The van der Waals surface area contributed by atoms with Crippen LogP contribution in [0.3, 0.4) is 0 Å². The number of hydrogen-bond donors (Lipinski definition) is 4. The second-order valence-corrected chi connectivity index (χ2v) is 8.63. The Hall–Kier alpha value is -3.34. The summed E-state index contributed by atoms with van der Waals surface area (Å²) in [7, 11) is 0. The molecule has 6 unspecified atom stereocenters. The van der Waals surface area contributed by atoms with E-state index in [1.807, 2.05) is 0 Å². The number of carbonyl (C=O) groups excluding carboxylic acids is 6. The molecule has 0 aromatic heterocycles. The molecule has 6 atom stereocenters. The van der Waals surface area contributed by atoms with Crippen LogP contribution in [0.5, 0.6) is 0 Å². The SMILES string of the molecule is CCCC1OC(=O)CC2(O)CC(=O)OC1(C1(O)OC(=O)CC3(O)CC(=O)OC1(O)OC3=O)OC2=O. The van der Waals surface area contributed by atoms with Gasteiger partial charge in [-0.15, -0.1) is 0 Å². The molecule has 0 aliphatic carbocycles. The fraction of sp³-hybridized carbons (Fsp3) is 0.684. The minimum atomic E-state index is -4.14. The second-order valence-electron chi connectivity index (χ2n) is 8.63. The van der Waals surface area contributed by atoms with Crippen molar-refractivity contribution in [3.8, 4) is 0 Å². The lowest BCUT2D eigenvalue weighted by molar-refractivity contribution is -0.510. The van der Waals surface area contributed by atoms with Crippen LogP contribution in [-0.4, -0.2) is 91.1 Å². The van der Waals surface area contributed by atoms with Gasteiger partial charge in [-0.2, -0.15) is 0 Å². The smallest absolute Gasteiger partial charge is 0.452 e.